The number of aryl methyl sites for hydroxylation is 1. The molecule has 0 aliphatic carbocycles. The predicted molar refractivity (Wildman–Crippen MR) is 95.2 cm³/mol. The Morgan fingerprint density at radius 2 is 2.08 bits per heavy atom. The Kier molecular flexibility index (Phi) is 4.13. The Labute approximate surface area is 146 Å². The minimum atomic E-state index is -0.0527. The first-order chi connectivity index (χ1) is 12.3. The van der Waals surface area contributed by atoms with E-state index in [-0.39, 0.29) is 6.10 Å². The van der Waals surface area contributed by atoms with Crippen molar-refractivity contribution in [2.24, 2.45) is 7.05 Å². The first kappa shape index (κ1) is 15.7. The van der Waals surface area contributed by atoms with Gasteiger partial charge in [-0.25, -0.2) is 9.97 Å². The van der Waals surface area contributed by atoms with Crippen molar-refractivity contribution in [2.75, 3.05) is 24.6 Å². The predicted octanol–water partition coefficient (Wildman–Crippen LogP) is 2.42. The minimum absolute atomic E-state index is 0.0527. The highest BCUT2D eigenvalue weighted by Gasteiger charge is 2.24. The average molecular weight is 339 g/mol. The molecule has 7 heteroatoms. The van der Waals surface area contributed by atoms with Crippen molar-refractivity contribution >= 4 is 16.9 Å². The van der Waals surface area contributed by atoms with Crippen molar-refractivity contribution in [1.82, 2.24) is 19.7 Å². The van der Waals surface area contributed by atoms with Crippen LogP contribution in [0, 0.1) is 0 Å². The maximum absolute atomic E-state index is 6.12. The van der Waals surface area contributed by atoms with E-state index in [4.69, 9.17) is 9.47 Å². The van der Waals surface area contributed by atoms with Gasteiger partial charge in [-0.3, -0.25) is 4.68 Å². The molecule has 0 bridgehead atoms. The fraction of sp³-hybridized carbons (Fsp3) is 0.389. The van der Waals surface area contributed by atoms with Crippen molar-refractivity contribution in [3.8, 4) is 11.5 Å². The highest BCUT2D eigenvalue weighted by atomic mass is 16.6. The second-order valence-corrected chi connectivity index (χ2v) is 6.15. The van der Waals surface area contributed by atoms with Gasteiger partial charge in [0.1, 0.15) is 18.8 Å². The molecule has 1 aliphatic heterocycles. The van der Waals surface area contributed by atoms with Crippen molar-refractivity contribution in [3.63, 3.8) is 0 Å². The number of para-hydroxylation sites is 2. The zero-order valence-corrected chi connectivity index (χ0v) is 14.4. The summed E-state index contributed by atoms with van der Waals surface area (Å²) in [6.45, 7) is 4.26. The van der Waals surface area contributed by atoms with Crippen LogP contribution in [0.5, 0.6) is 11.5 Å². The monoisotopic (exact) mass is 339 g/mol. The fourth-order valence-corrected chi connectivity index (χ4v) is 3.15. The number of nitrogens with zero attached hydrogens (tertiary/aromatic N) is 5. The van der Waals surface area contributed by atoms with Gasteiger partial charge in [-0.1, -0.05) is 19.1 Å². The number of anilines is 1. The molecule has 0 unspecified atom stereocenters. The molecule has 25 heavy (non-hydrogen) atoms. The van der Waals surface area contributed by atoms with E-state index < -0.39 is 0 Å². The van der Waals surface area contributed by atoms with Crippen LogP contribution in [-0.4, -0.2) is 45.5 Å². The lowest BCUT2D eigenvalue weighted by Gasteiger charge is -2.32. The molecule has 7 nitrogen and oxygen atoms in total. The average Bonchev–Trinajstić information content (AvgIpc) is 3.03. The van der Waals surface area contributed by atoms with Crippen molar-refractivity contribution in [1.29, 1.82) is 0 Å². The largest absolute Gasteiger partial charge is 0.486 e. The number of hydrogen-bond donors (Lipinski definition) is 0. The number of benzene rings is 1. The molecule has 3 aromatic rings. The topological polar surface area (TPSA) is 65.3 Å². The van der Waals surface area contributed by atoms with E-state index in [1.54, 1.807) is 11.0 Å². The summed E-state index contributed by atoms with van der Waals surface area (Å²) < 4.78 is 13.7. The van der Waals surface area contributed by atoms with Crippen LogP contribution in [0.2, 0.25) is 0 Å². The number of aromatic nitrogens is 4. The summed E-state index contributed by atoms with van der Waals surface area (Å²) >= 11 is 0. The number of hydrogen-bond acceptors (Lipinski definition) is 6. The van der Waals surface area contributed by atoms with Crippen LogP contribution < -0.4 is 14.4 Å². The highest BCUT2D eigenvalue weighted by Crippen LogP contribution is 2.31. The summed E-state index contributed by atoms with van der Waals surface area (Å²) in [4.78, 5) is 11.1. The molecule has 130 valence electrons. The summed E-state index contributed by atoms with van der Waals surface area (Å²) in [6, 6.07) is 7.78. The van der Waals surface area contributed by atoms with Crippen molar-refractivity contribution in [3.05, 3.63) is 36.8 Å². The summed E-state index contributed by atoms with van der Waals surface area (Å²) in [6.07, 6.45) is 4.37. The Morgan fingerprint density at radius 1 is 1.24 bits per heavy atom. The lowest BCUT2D eigenvalue weighted by molar-refractivity contribution is 0.0951. The lowest BCUT2D eigenvalue weighted by atomic mass is 10.2. The summed E-state index contributed by atoms with van der Waals surface area (Å²) in [7, 11) is 1.89. The smallest absolute Gasteiger partial charge is 0.163 e. The lowest BCUT2D eigenvalue weighted by Crippen LogP contribution is -2.41. The van der Waals surface area contributed by atoms with E-state index >= 15 is 0 Å². The van der Waals surface area contributed by atoms with Crippen LogP contribution >= 0.6 is 0 Å². The first-order valence-corrected chi connectivity index (χ1v) is 8.52. The third-order valence-electron chi connectivity index (χ3n) is 4.29. The zero-order chi connectivity index (χ0) is 17.2. The van der Waals surface area contributed by atoms with Crippen LogP contribution in [0.15, 0.2) is 36.8 Å². The maximum Gasteiger partial charge on any atom is 0.163 e. The highest BCUT2D eigenvalue weighted by molar-refractivity contribution is 5.86. The Morgan fingerprint density at radius 3 is 2.92 bits per heavy atom. The van der Waals surface area contributed by atoms with Gasteiger partial charge in [0.2, 0.25) is 0 Å². The standard InChI is InChI=1S/C18H21N5O2/c1-3-8-23(18-14-9-21-22(2)17(14)19-12-20-18)10-13-11-24-15-6-4-5-7-16(15)25-13/h4-7,9,12-13H,3,8,10-11H2,1-2H3/t13-/m0/s1. The van der Waals surface area contributed by atoms with Gasteiger partial charge in [-0.05, 0) is 18.6 Å². The first-order valence-electron chi connectivity index (χ1n) is 8.52. The van der Waals surface area contributed by atoms with E-state index in [0.29, 0.717) is 13.2 Å². The van der Waals surface area contributed by atoms with Crippen LogP contribution in [0.3, 0.4) is 0 Å². The molecule has 0 saturated carbocycles. The minimum Gasteiger partial charge on any atom is -0.486 e. The van der Waals surface area contributed by atoms with Crippen LogP contribution in [0.4, 0.5) is 5.82 Å². The molecule has 1 atom stereocenters. The van der Waals surface area contributed by atoms with E-state index in [1.165, 1.54) is 0 Å². The number of rotatable bonds is 5. The van der Waals surface area contributed by atoms with Gasteiger partial charge < -0.3 is 14.4 Å². The van der Waals surface area contributed by atoms with E-state index in [9.17, 15) is 0 Å². The SMILES string of the molecule is CCCN(C[C@H]1COc2ccccc2O1)c1ncnc2c1cnn2C. The molecule has 0 N–H and O–H groups in total. The van der Waals surface area contributed by atoms with Crippen molar-refractivity contribution < 1.29 is 9.47 Å². The number of fused-ring (bicyclic) bond motifs is 2. The molecule has 0 fully saturated rings. The second-order valence-electron chi connectivity index (χ2n) is 6.15. The molecular formula is C18H21N5O2. The van der Waals surface area contributed by atoms with E-state index in [2.05, 4.69) is 26.9 Å². The third-order valence-corrected chi connectivity index (χ3v) is 4.29. The molecule has 0 spiro atoms. The third kappa shape index (κ3) is 2.97. The molecular weight excluding hydrogens is 318 g/mol. The van der Waals surface area contributed by atoms with E-state index in [0.717, 1.165) is 41.3 Å². The van der Waals surface area contributed by atoms with Crippen LogP contribution in [0.1, 0.15) is 13.3 Å². The van der Waals surface area contributed by atoms with Gasteiger partial charge in [-0.15, -0.1) is 0 Å². The van der Waals surface area contributed by atoms with Gasteiger partial charge in [0.25, 0.3) is 0 Å². The van der Waals surface area contributed by atoms with Crippen molar-refractivity contribution in [2.45, 2.75) is 19.4 Å². The van der Waals surface area contributed by atoms with Gasteiger partial charge in [0.05, 0.1) is 18.1 Å². The number of ether oxygens (including phenoxy) is 2. The van der Waals surface area contributed by atoms with Gasteiger partial charge >= 0.3 is 0 Å². The molecule has 0 saturated heterocycles. The quantitative estimate of drug-likeness (QED) is 0.711. The normalized spacial score (nSPS) is 16.2. The van der Waals surface area contributed by atoms with E-state index in [1.807, 2.05) is 37.5 Å². The molecule has 1 aliphatic rings. The molecule has 0 radical (unpaired) electrons. The Balaban J connectivity index is 1.60. The summed E-state index contributed by atoms with van der Waals surface area (Å²) in [5, 5.41) is 5.26. The maximum atomic E-state index is 6.12. The molecule has 0 amide bonds. The molecule has 2 aromatic heterocycles. The van der Waals surface area contributed by atoms with Gasteiger partial charge in [0.15, 0.2) is 23.3 Å². The van der Waals surface area contributed by atoms with Crippen LogP contribution in [-0.2, 0) is 7.05 Å². The molecule has 1 aromatic carbocycles. The Bertz CT molecular complexity index is 879. The fourth-order valence-electron chi connectivity index (χ4n) is 3.15. The van der Waals surface area contributed by atoms with Gasteiger partial charge in [0, 0.05) is 13.6 Å². The van der Waals surface area contributed by atoms with Gasteiger partial charge in [-0.2, -0.15) is 5.10 Å². The second kappa shape index (κ2) is 6.58. The van der Waals surface area contributed by atoms with Crippen LogP contribution in [0.25, 0.3) is 11.0 Å². The Hall–Kier alpha value is -2.83. The molecule has 4 rings (SSSR count). The summed E-state index contributed by atoms with van der Waals surface area (Å²) in [5.74, 6) is 2.49. The zero-order valence-electron chi connectivity index (χ0n) is 14.4. The summed E-state index contributed by atoms with van der Waals surface area (Å²) in [5.41, 5.74) is 0.831. The molecule has 3 heterocycles.